The standard InChI is InChI=1S/C10H12F4N2O.ClH/c11-9(12)10(13,14)17-7-3-1-6(2-4-7)8(16)5-15;/h1-4,8-9H,5,15-16H2;1H/t8-;/m1./s1. The van der Waals surface area contributed by atoms with Crippen LogP contribution in [-0.2, 0) is 0 Å². The molecule has 3 nitrogen and oxygen atoms in total. The minimum Gasteiger partial charge on any atom is -0.428 e. The Balaban J connectivity index is 0.00000289. The number of rotatable bonds is 5. The van der Waals surface area contributed by atoms with Gasteiger partial charge in [0.25, 0.3) is 0 Å². The number of hydrogen-bond donors (Lipinski definition) is 2. The first-order valence-electron chi connectivity index (χ1n) is 4.77. The molecular formula is C10H13ClF4N2O. The molecule has 0 aliphatic rings. The highest BCUT2D eigenvalue weighted by atomic mass is 35.5. The number of hydrogen-bond acceptors (Lipinski definition) is 3. The Morgan fingerprint density at radius 3 is 2.06 bits per heavy atom. The van der Waals surface area contributed by atoms with Crippen LogP contribution < -0.4 is 16.2 Å². The van der Waals surface area contributed by atoms with Crippen molar-refractivity contribution in [3.8, 4) is 5.75 Å². The molecule has 1 rings (SSSR count). The number of benzene rings is 1. The first-order chi connectivity index (χ1) is 7.86. The molecule has 0 saturated heterocycles. The number of ether oxygens (including phenoxy) is 1. The molecule has 0 bridgehead atoms. The number of halogens is 5. The van der Waals surface area contributed by atoms with E-state index in [9.17, 15) is 17.6 Å². The van der Waals surface area contributed by atoms with Gasteiger partial charge in [-0.15, -0.1) is 12.4 Å². The van der Waals surface area contributed by atoms with Gasteiger partial charge in [-0.2, -0.15) is 17.6 Å². The Labute approximate surface area is 107 Å². The van der Waals surface area contributed by atoms with Crippen LogP contribution in [-0.4, -0.2) is 19.1 Å². The van der Waals surface area contributed by atoms with Gasteiger partial charge in [0.2, 0.25) is 0 Å². The molecule has 1 atom stereocenters. The van der Waals surface area contributed by atoms with E-state index in [0.717, 1.165) is 12.1 Å². The highest BCUT2D eigenvalue weighted by Gasteiger charge is 2.43. The van der Waals surface area contributed by atoms with Gasteiger partial charge in [0.1, 0.15) is 5.75 Å². The Morgan fingerprint density at radius 1 is 1.17 bits per heavy atom. The maximum atomic E-state index is 12.5. The highest BCUT2D eigenvalue weighted by Crippen LogP contribution is 2.27. The van der Waals surface area contributed by atoms with E-state index < -0.39 is 18.6 Å². The maximum absolute atomic E-state index is 12.5. The first-order valence-corrected chi connectivity index (χ1v) is 4.77. The van der Waals surface area contributed by atoms with Crippen molar-refractivity contribution in [3.05, 3.63) is 29.8 Å². The van der Waals surface area contributed by atoms with E-state index in [-0.39, 0.29) is 24.7 Å². The van der Waals surface area contributed by atoms with E-state index in [4.69, 9.17) is 11.5 Å². The molecule has 0 fully saturated rings. The molecule has 0 aromatic heterocycles. The molecule has 1 aromatic rings. The van der Waals surface area contributed by atoms with Gasteiger partial charge in [-0.25, -0.2) is 0 Å². The molecule has 0 unspecified atom stereocenters. The van der Waals surface area contributed by atoms with Crippen LogP contribution in [0.15, 0.2) is 24.3 Å². The molecule has 0 aliphatic heterocycles. The van der Waals surface area contributed by atoms with E-state index in [1.165, 1.54) is 12.1 Å². The van der Waals surface area contributed by atoms with Crippen LogP contribution >= 0.6 is 12.4 Å². The monoisotopic (exact) mass is 288 g/mol. The van der Waals surface area contributed by atoms with Gasteiger partial charge < -0.3 is 16.2 Å². The van der Waals surface area contributed by atoms with Gasteiger partial charge in [-0.3, -0.25) is 0 Å². The van der Waals surface area contributed by atoms with Gasteiger partial charge in [0, 0.05) is 12.6 Å². The molecule has 0 spiro atoms. The lowest BCUT2D eigenvalue weighted by atomic mass is 10.1. The van der Waals surface area contributed by atoms with E-state index in [1.807, 2.05) is 0 Å². The molecule has 0 aliphatic carbocycles. The molecule has 4 N–H and O–H groups in total. The van der Waals surface area contributed by atoms with Crippen LogP contribution in [0.1, 0.15) is 11.6 Å². The quantitative estimate of drug-likeness (QED) is 0.817. The van der Waals surface area contributed by atoms with Crippen molar-refractivity contribution in [2.75, 3.05) is 6.54 Å². The van der Waals surface area contributed by atoms with Gasteiger partial charge in [0.15, 0.2) is 0 Å². The van der Waals surface area contributed by atoms with E-state index in [0.29, 0.717) is 5.56 Å². The molecule has 0 amide bonds. The largest absolute Gasteiger partial charge is 0.461 e. The zero-order chi connectivity index (χ0) is 13.1. The summed E-state index contributed by atoms with van der Waals surface area (Å²) < 4.78 is 52.7. The summed E-state index contributed by atoms with van der Waals surface area (Å²) in [7, 11) is 0. The summed E-state index contributed by atoms with van der Waals surface area (Å²) in [5, 5.41) is 0. The lowest BCUT2D eigenvalue weighted by Gasteiger charge is -2.17. The summed E-state index contributed by atoms with van der Waals surface area (Å²) in [5.41, 5.74) is 11.5. The summed E-state index contributed by atoms with van der Waals surface area (Å²) in [6, 6.07) is 4.64. The molecule has 8 heteroatoms. The van der Waals surface area contributed by atoms with Crippen molar-refractivity contribution in [2.45, 2.75) is 18.6 Å². The third-order valence-corrected chi connectivity index (χ3v) is 2.07. The van der Waals surface area contributed by atoms with Crippen molar-refractivity contribution >= 4 is 12.4 Å². The van der Waals surface area contributed by atoms with E-state index >= 15 is 0 Å². The average molecular weight is 289 g/mol. The minimum absolute atomic E-state index is 0. The van der Waals surface area contributed by atoms with Crippen molar-refractivity contribution < 1.29 is 22.3 Å². The number of alkyl halides is 4. The fraction of sp³-hybridized carbons (Fsp3) is 0.400. The molecule has 0 heterocycles. The number of nitrogens with two attached hydrogens (primary N) is 2. The van der Waals surface area contributed by atoms with Gasteiger partial charge >= 0.3 is 12.5 Å². The average Bonchev–Trinajstić information content (AvgIpc) is 2.28. The Morgan fingerprint density at radius 2 is 1.67 bits per heavy atom. The van der Waals surface area contributed by atoms with Gasteiger partial charge in [-0.1, -0.05) is 12.1 Å². The molecule has 0 saturated carbocycles. The zero-order valence-electron chi connectivity index (χ0n) is 9.15. The van der Waals surface area contributed by atoms with Crippen LogP contribution in [0.4, 0.5) is 17.6 Å². The molecule has 18 heavy (non-hydrogen) atoms. The predicted octanol–water partition coefficient (Wildman–Crippen LogP) is 2.30. The summed E-state index contributed by atoms with van der Waals surface area (Å²) in [6.07, 6.45) is -8.38. The SMILES string of the molecule is Cl.NC[C@@H](N)c1ccc(OC(F)(F)C(F)F)cc1. The summed E-state index contributed by atoms with van der Waals surface area (Å²) in [4.78, 5) is 0. The van der Waals surface area contributed by atoms with Crippen molar-refractivity contribution in [1.82, 2.24) is 0 Å². The third-order valence-electron chi connectivity index (χ3n) is 2.07. The van der Waals surface area contributed by atoms with Crippen molar-refractivity contribution in [2.24, 2.45) is 11.5 Å². The smallest absolute Gasteiger partial charge is 0.428 e. The molecular weight excluding hydrogens is 276 g/mol. The lowest BCUT2D eigenvalue weighted by Crippen LogP contribution is -2.33. The normalized spacial score (nSPS) is 13.1. The van der Waals surface area contributed by atoms with E-state index in [2.05, 4.69) is 4.74 Å². The minimum atomic E-state index is -4.50. The summed E-state index contributed by atoms with van der Waals surface area (Å²) >= 11 is 0. The molecule has 104 valence electrons. The Kier molecular flexibility index (Phi) is 6.37. The maximum Gasteiger partial charge on any atom is 0.461 e. The van der Waals surface area contributed by atoms with Crippen LogP contribution in [0, 0.1) is 0 Å². The van der Waals surface area contributed by atoms with Gasteiger partial charge in [-0.05, 0) is 17.7 Å². The third kappa shape index (κ3) is 4.32. The van der Waals surface area contributed by atoms with E-state index in [1.54, 1.807) is 0 Å². The molecule has 1 aromatic carbocycles. The van der Waals surface area contributed by atoms with Crippen molar-refractivity contribution in [1.29, 1.82) is 0 Å². The van der Waals surface area contributed by atoms with Crippen LogP contribution in [0.2, 0.25) is 0 Å². The summed E-state index contributed by atoms with van der Waals surface area (Å²) in [5.74, 6) is -0.358. The Bertz CT molecular complexity index is 361. The first kappa shape index (κ1) is 16.9. The van der Waals surface area contributed by atoms with Crippen LogP contribution in [0.3, 0.4) is 0 Å². The summed E-state index contributed by atoms with van der Waals surface area (Å²) in [6.45, 7) is 0.188. The van der Waals surface area contributed by atoms with Crippen molar-refractivity contribution in [3.63, 3.8) is 0 Å². The van der Waals surface area contributed by atoms with Gasteiger partial charge in [0.05, 0.1) is 0 Å². The van der Waals surface area contributed by atoms with Crippen LogP contribution in [0.25, 0.3) is 0 Å². The predicted molar refractivity (Wildman–Crippen MR) is 61.3 cm³/mol. The zero-order valence-corrected chi connectivity index (χ0v) is 9.97. The Hall–Kier alpha value is -1.05. The topological polar surface area (TPSA) is 61.3 Å². The van der Waals surface area contributed by atoms with Crippen LogP contribution in [0.5, 0.6) is 5.75 Å². The second-order valence-electron chi connectivity index (χ2n) is 3.38. The lowest BCUT2D eigenvalue weighted by molar-refractivity contribution is -0.253. The fourth-order valence-corrected chi connectivity index (χ4v) is 1.12. The highest BCUT2D eigenvalue weighted by molar-refractivity contribution is 5.85. The fourth-order valence-electron chi connectivity index (χ4n) is 1.12. The second-order valence-corrected chi connectivity index (χ2v) is 3.38. The second kappa shape index (κ2) is 6.77. The molecule has 0 radical (unpaired) electrons.